The summed E-state index contributed by atoms with van der Waals surface area (Å²) >= 11 is 3.62. The van der Waals surface area contributed by atoms with E-state index in [2.05, 4.69) is 234 Å². The fraction of sp³-hybridized carbons (Fsp3) is 0. The minimum Gasteiger partial charge on any atom is -0.307 e. The summed E-state index contributed by atoms with van der Waals surface area (Å²) in [5.41, 5.74) is 11.9. The van der Waals surface area contributed by atoms with Crippen molar-refractivity contribution in [1.29, 1.82) is 0 Å². The van der Waals surface area contributed by atoms with E-state index in [-0.39, 0.29) is 0 Å². The van der Waals surface area contributed by atoms with Gasteiger partial charge in [-0.3, -0.25) is 0 Å². The van der Waals surface area contributed by atoms with E-state index in [1.807, 2.05) is 11.3 Å². The maximum atomic E-state index is 5.59. The van der Waals surface area contributed by atoms with Gasteiger partial charge in [0.25, 0.3) is 0 Å². The van der Waals surface area contributed by atoms with Gasteiger partial charge in [0.2, 0.25) is 0 Å². The average Bonchev–Trinajstić information content (AvgIpc) is 4.19. The number of hydrogen-bond donors (Lipinski definition) is 0. The molecule has 0 saturated carbocycles. The van der Waals surface area contributed by atoms with E-state index >= 15 is 0 Å². The van der Waals surface area contributed by atoms with Crippen molar-refractivity contribution >= 4 is 107 Å². The molecule has 10 aromatic carbocycles. The van der Waals surface area contributed by atoms with Crippen molar-refractivity contribution in [2.24, 2.45) is 0 Å². The quantitative estimate of drug-likeness (QED) is 0.167. The van der Waals surface area contributed by atoms with Gasteiger partial charge >= 0.3 is 0 Å². The predicted molar refractivity (Wildman–Crippen MR) is 296 cm³/mol. The fourth-order valence-electron chi connectivity index (χ4n) is 11.0. The van der Waals surface area contributed by atoms with Gasteiger partial charge in [0, 0.05) is 84.3 Å². The molecule has 0 amide bonds. The van der Waals surface area contributed by atoms with Crippen molar-refractivity contribution in [2.75, 3.05) is 0 Å². The molecule has 326 valence electrons. The van der Waals surface area contributed by atoms with Crippen molar-refractivity contribution in [2.45, 2.75) is 0 Å². The highest BCUT2D eigenvalue weighted by molar-refractivity contribution is 7.26. The molecule has 0 aliphatic carbocycles. The molecule has 15 rings (SSSR count). The molecule has 0 atom stereocenters. The van der Waals surface area contributed by atoms with Crippen LogP contribution in [0.25, 0.3) is 141 Å². The smallest absolute Gasteiger partial charge is 0.166 e. The molecule has 70 heavy (non-hydrogen) atoms. The molecule has 0 N–H and O–H groups in total. The molecule has 5 aromatic heterocycles. The minimum atomic E-state index is 0.615. The van der Waals surface area contributed by atoms with E-state index in [0.717, 1.165) is 65.6 Å². The summed E-state index contributed by atoms with van der Waals surface area (Å²) in [6.45, 7) is 0. The first-order chi connectivity index (χ1) is 34.7. The standard InChI is InChI=1S/C63H37N5S2/c1-3-17-38(18-4-1)41-24-16-34-56-57(41)47-27-14-29-49(60(47)70-56)63-65-61(39-35-36-55-50(37-39)44-23-9-12-33-54(44)69-55)64-62(66-63)48-28-13-25-45-42-21-8-11-31-52(42)68(58(45)48)53-32-15-26-46-43-22-7-10-30-51(43)67(59(46)53)40-19-5-2-6-20-40/h1-37H. The van der Waals surface area contributed by atoms with Crippen LogP contribution in [0.1, 0.15) is 0 Å². The van der Waals surface area contributed by atoms with Crippen LogP contribution in [0.2, 0.25) is 0 Å². The van der Waals surface area contributed by atoms with Gasteiger partial charge in [0.15, 0.2) is 17.5 Å². The highest BCUT2D eigenvalue weighted by Gasteiger charge is 2.25. The Bertz CT molecular complexity index is 4600. The summed E-state index contributed by atoms with van der Waals surface area (Å²) in [7, 11) is 0. The highest BCUT2D eigenvalue weighted by Crippen LogP contribution is 2.46. The Balaban J connectivity index is 1.03. The lowest BCUT2D eigenvalue weighted by molar-refractivity contribution is 1.07. The minimum absolute atomic E-state index is 0.615. The summed E-state index contributed by atoms with van der Waals surface area (Å²) in [4.78, 5) is 16.6. The molecule has 0 aliphatic heterocycles. The highest BCUT2D eigenvalue weighted by atomic mass is 32.1. The predicted octanol–water partition coefficient (Wildman–Crippen LogP) is 17.5. The molecule has 5 heterocycles. The zero-order chi connectivity index (χ0) is 45.9. The van der Waals surface area contributed by atoms with Crippen molar-refractivity contribution in [3.63, 3.8) is 0 Å². The number of para-hydroxylation sites is 5. The van der Waals surface area contributed by atoms with E-state index in [9.17, 15) is 0 Å². The van der Waals surface area contributed by atoms with Crippen molar-refractivity contribution in [3.8, 4) is 56.7 Å². The van der Waals surface area contributed by atoms with Crippen LogP contribution in [-0.2, 0) is 0 Å². The van der Waals surface area contributed by atoms with Gasteiger partial charge in [0.1, 0.15) is 0 Å². The van der Waals surface area contributed by atoms with E-state index in [4.69, 9.17) is 15.0 Å². The first-order valence-corrected chi connectivity index (χ1v) is 25.2. The van der Waals surface area contributed by atoms with Crippen LogP contribution < -0.4 is 0 Å². The number of thiophene rings is 2. The normalized spacial score (nSPS) is 12.0. The molecule has 0 bridgehead atoms. The molecule has 0 spiro atoms. The molecule has 7 heteroatoms. The third-order valence-corrected chi connectivity index (χ3v) is 16.3. The Labute approximate surface area is 409 Å². The lowest BCUT2D eigenvalue weighted by Gasteiger charge is -2.16. The lowest BCUT2D eigenvalue weighted by atomic mass is 9.99. The number of rotatable bonds is 6. The molecule has 0 fully saturated rings. The van der Waals surface area contributed by atoms with Gasteiger partial charge < -0.3 is 9.13 Å². The lowest BCUT2D eigenvalue weighted by Crippen LogP contribution is -2.03. The number of benzene rings is 10. The van der Waals surface area contributed by atoms with Crippen LogP contribution in [0.4, 0.5) is 0 Å². The van der Waals surface area contributed by atoms with E-state index < -0.39 is 0 Å². The van der Waals surface area contributed by atoms with E-state index in [1.165, 1.54) is 57.5 Å². The SMILES string of the molecule is c1ccc(-c2cccc3sc4c(-c5nc(-c6ccc7sc8ccccc8c7c6)nc(-c6cccc7c8ccccc8n(-c8cccc9c%10ccccc%10n(-c%10ccccc%10)c89)c67)n5)cccc4c23)cc1. The van der Waals surface area contributed by atoms with E-state index in [1.54, 1.807) is 11.3 Å². The van der Waals surface area contributed by atoms with Gasteiger partial charge in [-0.05, 0) is 83.9 Å². The Morgan fingerprint density at radius 2 is 0.871 bits per heavy atom. The number of aromatic nitrogens is 5. The molecule has 0 unspecified atom stereocenters. The largest absolute Gasteiger partial charge is 0.307 e. The second-order valence-corrected chi connectivity index (χ2v) is 20.0. The maximum absolute atomic E-state index is 5.59. The van der Waals surface area contributed by atoms with Crippen LogP contribution in [-0.4, -0.2) is 24.1 Å². The maximum Gasteiger partial charge on any atom is 0.166 e. The van der Waals surface area contributed by atoms with Crippen LogP contribution in [0.5, 0.6) is 0 Å². The Morgan fingerprint density at radius 1 is 0.314 bits per heavy atom. The van der Waals surface area contributed by atoms with Gasteiger partial charge in [-0.2, -0.15) is 0 Å². The molecule has 0 aliphatic rings. The summed E-state index contributed by atoms with van der Waals surface area (Å²) in [6.07, 6.45) is 0. The van der Waals surface area contributed by atoms with Crippen molar-refractivity contribution in [3.05, 3.63) is 224 Å². The summed E-state index contributed by atoms with van der Waals surface area (Å²) < 4.78 is 9.74. The number of nitrogens with zero attached hydrogens (tertiary/aromatic N) is 5. The van der Waals surface area contributed by atoms with Gasteiger partial charge in [-0.1, -0.05) is 152 Å². The van der Waals surface area contributed by atoms with E-state index in [0.29, 0.717) is 17.5 Å². The summed E-state index contributed by atoms with van der Waals surface area (Å²) in [5, 5.41) is 9.55. The monoisotopic (exact) mass is 927 g/mol. The molecule has 15 aromatic rings. The second kappa shape index (κ2) is 15.4. The van der Waals surface area contributed by atoms with Crippen LogP contribution in [0.15, 0.2) is 224 Å². The van der Waals surface area contributed by atoms with Gasteiger partial charge in [0.05, 0.1) is 27.8 Å². The Hall–Kier alpha value is -8.75. The average molecular weight is 928 g/mol. The van der Waals surface area contributed by atoms with Crippen LogP contribution in [0, 0.1) is 0 Å². The van der Waals surface area contributed by atoms with Crippen LogP contribution >= 0.6 is 22.7 Å². The zero-order valence-corrected chi connectivity index (χ0v) is 39.0. The topological polar surface area (TPSA) is 48.5 Å². The van der Waals surface area contributed by atoms with Crippen molar-refractivity contribution < 1.29 is 0 Å². The third-order valence-electron chi connectivity index (χ3n) is 14.0. The van der Waals surface area contributed by atoms with Crippen molar-refractivity contribution in [1.82, 2.24) is 24.1 Å². The zero-order valence-electron chi connectivity index (χ0n) is 37.4. The Morgan fingerprint density at radius 3 is 1.67 bits per heavy atom. The number of fused-ring (bicyclic) bond motifs is 12. The molecular weight excluding hydrogens is 891 g/mol. The summed E-state index contributed by atoms with van der Waals surface area (Å²) in [6, 6.07) is 80.7. The molecular formula is C63H37N5S2. The fourth-order valence-corrected chi connectivity index (χ4v) is 13.3. The second-order valence-electron chi connectivity index (χ2n) is 17.9. The van der Waals surface area contributed by atoms with Gasteiger partial charge in [-0.25, -0.2) is 15.0 Å². The van der Waals surface area contributed by atoms with Gasteiger partial charge in [-0.15, -0.1) is 22.7 Å². The first kappa shape index (κ1) is 39.3. The Kier molecular flexibility index (Phi) is 8.63. The summed E-state index contributed by atoms with van der Waals surface area (Å²) in [5.74, 6) is 1.88. The molecule has 5 nitrogen and oxygen atoms in total. The first-order valence-electron chi connectivity index (χ1n) is 23.5. The molecule has 0 radical (unpaired) electrons. The third kappa shape index (κ3) is 5.86. The van der Waals surface area contributed by atoms with Crippen LogP contribution in [0.3, 0.4) is 0 Å². The number of hydrogen-bond acceptors (Lipinski definition) is 5. The molecule has 0 saturated heterocycles.